The molecule has 0 bridgehead atoms. The molecule has 1 aromatic rings. The fraction of sp³-hybridized carbons (Fsp3) is 0.500. The minimum Gasteiger partial charge on any atom is -0.380 e. The monoisotopic (exact) mass is 280 g/mol. The van der Waals surface area contributed by atoms with Gasteiger partial charge in [-0.1, -0.05) is 12.1 Å². The number of anilines is 1. The molecule has 1 fully saturated rings. The first-order valence-corrected chi connectivity index (χ1v) is 6.59. The molecule has 1 unspecified atom stereocenters. The van der Waals surface area contributed by atoms with Crippen molar-refractivity contribution in [3.05, 3.63) is 29.8 Å². The van der Waals surface area contributed by atoms with Crippen molar-refractivity contribution < 1.29 is 19.0 Å². The molecule has 0 saturated carbocycles. The van der Waals surface area contributed by atoms with Crippen LogP contribution in [-0.2, 0) is 19.0 Å². The molecular formula is C14H20N2O4. The maximum atomic E-state index is 11.8. The Morgan fingerprint density at radius 3 is 2.60 bits per heavy atom. The van der Waals surface area contributed by atoms with Crippen LogP contribution in [0.25, 0.3) is 0 Å². The van der Waals surface area contributed by atoms with Crippen LogP contribution in [0.5, 0.6) is 0 Å². The summed E-state index contributed by atoms with van der Waals surface area (Å²) in [5.74, 6) is -0.122. The Morgan fingerprint density at radius 2 is 2.05 bits per heavy atom. The number of nitrogens with two attached hydrogens (primary N) is 1. The quantitative estimate of drug-likeness (QED) is 0.813. The number of hydrogen-bond donors (Lipinski definition) is 2. The SMILES string of the molecule is COC(CN)CC(=O)Nc1ccc(C2OCCO2)cc1. The number of ether oxygens (including phenoxy) is 3. The van der Waals surface area contributed by atoms with Crippen molar-refractivity contribution in [3.8, 4) is 0 Å². The van der Waals surface area contributed by atoms with E-state index in [1.165, 1.54) is 0 Å². The highest BCUT2D eigenvalue weighted by atomic mass is 16.7. The van der Waals surface area contributed by atoms with E-state index < -0.39 is 0 Å². The third kappa shape index (κ3) is 4.01. The van der Waals surface area contributed by atoms with Crippen molar-refractivity contribution in [3.63, 3.8) is 0 Å². The van der Waals surface area contributed by atoms with Gasteiger partial charge in [-0.2, -0.15) is 0 Å². The summed E-state index contributed by atoms with van der Waals surface area (Å²) in [5, 5.41) is 2.80. The summed E-state index contributed by atoms with van der Waals surface area (Å²) in [6.45, 7) is 1.54. The number of rotatable bonds is 6. The first-order valence-electron chi connectivity index (χ1n) is 6.59. The summed E-state index contributed by atoms with van der Waals surface area (Å²) in [4.78, 5) is 11.8. The van der Waals surface area contributed by atoms with E-state index in [0.29, 0.717) is 19.8 Å². The Balaban J connectivity index is 1.88. The first-order chi connectivity index (χ1) is 9.72. The number of carbonyl (C=O) groups is 1. The van der Waals surface area contributed by atoms with E-state index in [1.54, 1.807) is 7.11 Å². The van der Waals surface area contributed by atoms with Gasteiger partial charge in [-0.25, -0.2) is 0 Å². The number of hydrogen-bond acceptors (Lipinski definition) is 5. The predicted molar refractivity (Wildman–Crippen MR) is 74.2 cm³/mol. The zero-order valence-electron chi connectivity index (χ0n) is 11.5. The van der Waals surface area contributed by atoms with E-state index in [0.717, 1.165) is 11.3 Å². The van der Waals surface area contributed by atoms with Crippen LogP contribution in [0.4, 0.5) is 5.69 Å². The van der Waals surface area contributed by atoms with Gasteiger partial charge in [-0.05, 0) is 12.1 Å². The molecule has 1 heterocycles. The first kappa shape index (κ1) is 14.9. The van der Waals surface area contributed by atoms with Crippen LogP contribution in [0, 0.1) is 0 Å². The molecule has 1 aromatic carbocycles. The van der Waals surface area contributed by atoms with Gasteiger partial charge in [0.25, 0.3) is 0 Å². The molecule has 6 heteroatoms. The highest BCUT2D eigenvalue weighted by Crippen LogP contribution is 2.24. The lowest BCUT2D eigenvalue weighted by Crippen LogP contribution is -2.28. The third-order valence-electron chi connectivity index (χ3n) is 3.10. The minimum absolute atomic E-state index is 0.122. The topological polar surface area (TPSA) is 82.8 Å². The molecule has 1 aliphatic heterocycles. The van der Waals surface area contributed by atoms with Gasteiger partial charge < -0.3 is 25.3 Å². The van der Waals surface area contributed by atoms with Crippen LogP contribution < -0.4 is 11.1 Å². The Kier molecular flexibility index (Phi) is 5.49. The lowest BCUT2D eigenvalue weighted by atomic mass is 10.2. The zero-order valence-corrected chi connectivity index (χ0v) is 11.5. The summed E-state index contributed by atoms with van der Waals surface area (Å²) in [6, 6.07) is 7.40. The van der Waals surface area contributed by atoms with Gasteiger partial charge in [0.1, 0.15) is 0 Å². The number of carbonyl (C=O) groups excluding carboxylic acids is 1. The van der Waals surface area contributed by atoms with Crippen molar-refractivity contribution >= 4 is 11.6 Å². The van der Waals surface area contributed by atoms with Gasteiger partial charge in [-0.3, -0.25) is 4.79 Å². The number of benzene rings is 1. The molecule has 6 nitrogen and oxygen atoms in total. The van der Waals surface area contributed by atoms with Crippen molar-refractivity contribution in [2.75, 3.05) is 32.2 Å². The van der Waals surface area contributed by atoms with E-state index in [-0.39, 0.29) is 24.7 Å². The Bertz CT molecular complexity index is 425. The standard InChI is InChI=1S/C14H20N2O4/c1-18-12(9-15)8-13(17)16-11-4-2-10(3-5-11)14-19-6-7-20-14/h2-5,12,14H,6-9,15H2,1H3,(H,16,17). The highest BCUT2D eigenvalue weighted by Gasteiger charge is 2.18. The third-order valence-corrected chi connectivity index (χ3v) is 3.10. The maximum absolute atomic E-state index is 11.8. The van der Waals surface area contributed by atoms with Gasteiger partial charge in [0.2, 0.25) is 5.91 Å². The molecule has 0 aliphatic carbocycles. The Morgan fingerprint density at radius 1 is 1.40 bits per heavy atom. The molecule has 1 aliphatic rings. The van der Waals surface area contributed by atoms with Gasteiger partial charge >= 0.3 is 0 Å². The largest absolute Gasteiger partial charge is 0.380 e. The second-order valence-electron chi connectivity index (χ2n) is 4.54. The van der Waals surface area contributed by atoms with Crippen LogP contribution in [0.15, 0.2) is 24.3 Å². The predicted octanol–water partition coefficient (Wildman–Crippen LogP) is 1.03. The van der Waals surface area contributed by atoms with Crippen LogP contribution >= 0.6 is 0 Å². The molecule has 3 N–H and O–H groups in total. The molecule has 1 saturated heterocycles. The van der Waals surface area contributed by atoms with Crippen LogP contribution in [-0.4, -0.2) is 38.9 Å². The van der Waals surface area contributed by atoms with E-state index in [9.17, 15) is 4.79 Å². The second kappa shape index (κ2) is 7.35. The molecule has 110 valence electrons. The zero-order chi connectivity index (χ0) is 14.4. The molecule has 1 atom stereocenters. The van der Waals surface area contributed by atoms with Crippen LogP contribution in [0.3, 0.4) is 0 Å². The molecule has 0 radical (unpaired) electrons. The number of nitrogens with one attached hydrogen (secondary N) is 1. The minimum atomic E-state index is -0.296. The van der Waals surface area contributed by atoms with Crippen molar-refractivity contribution in [1.29, 1.82) is 0 Å². The van der Waals surface area contributed by atoms with E-state index in [2.05, 4.69) is 5.32 Å². The summed E-state index contributed by atoms with van der Waals surface area (Å²) in [7, 11) is 1.54. The van der Waals surface area contributed by atoms with Crippen molar-refractivity contribution in [2.45, 2.75) is 18.8 Å². The van der Waals surface area contributed by atoms with E-state index in [1.807, 2.05) is 24.3 Å². The van der Waals surface area contributed by atoms with Gasteiger partial charge in [0, 0.05) is 24.9 Å². The van der Waals surface area contributed by atoms with Gasteiger partial charge in [0.05, 0.1) is 25.7 Å². The van der Waals surface area contributed by atoms with Gasteiger partial charge in [0.15, 0.2) is 6.29 Å². The van der Waals surface area contributed by atoms with Crippen LogP contribution in [0.2, 0.25) is 0 Å². The number of methoxy groups -OCH3 is 1. The van der Waals surface area contributed by atoms with E-state index in [4.69, 9.17) is 19.9 Å². The maximum Gasteiger partial charge on any atom is 0.227 e. The molecule has 20 heavy (non-hydrogen) atoms. The van der Waals surface area contributed by atoms with Crippen molar-refractivity contribution in [1.82, 2.24) is 0 Å². The second-order valence-corrected chi connectivity index (χ2v) is 4.54. The summed E-state index contributed by atoms with van der Waals surface area (Å²) in [5.41, 5.74) is 7.15. The smallest absolute Gasteiger partial charge is 0.227 e. The Hall–Kier alpha value is -1.47. The normalized spacial score (nSPS) is 17.1. The van der Waals surface area contributed by atoms with Gasteiger partial charge in [-0.15, -0.1) is 0 Å². The molecule has 1 amide bonds. The fourth-order valence-electron chi connectivity index (χ4n) is 1.96. The average molecular weight is 280 g/mol. The number of amides is 1. The summed E-state index contributed by atoms with van der Waals surface area (Å²) >= 11 is 0. The molecule has 0 aromatic heterocycles. The lowest BCUT2D eigenvalue weighted by molar-refractivity contribution is -0.118. The molecule has 0 spiro atoms. The summed E-state index contributed by atoms with van der Waals surface area (Å²) in [6.07, 6.45) is -0.312. The van der Waals surface area contributed by atoms with Crippen molar-refractivity contribution in [2.24, 2.45) is 5.73 Å². The molecule has 2 rings (SSSR count). The highest BCUT2D eigenvalue weighted by molar-refractivity contribution is 5.91. The summed E-state index contributed by atoms with van der Waals surface area (Å²) < 4.78 is 15.9. The van der Waals surface area contributed by atoms with Crippen LogP contribution in [0.1, 0.15) is 18.3 Å². The average Bonchev–Trinajstić information content (AvgIpc) is 2.99. The Labute approximate surface area is 118 Å². The van der Waals surface area contributed by atoms with E-state index >= 15 is 0 Å². The molecular weight excluding hydrogens is 260 g/mol. The lowest BCUT2D eigenvalue weighted by Gasteiger charge is -2.13. The fourth-order valence-corrected chi connectivity index (χ4v) is 1.96.